The van der Waals surface area contributed by atoms with Crippen LogP contribution in [-0.4, -0.2) is 25.8 Å². The molecule has 0 aromatic carbocycles. The van der Waals surface area contributed by atoms with E-state index >= 15 is 0 Å². The van der Waals surface area contributed by atoms with Gasteiger partial charge in [-0.05, 0) is 6.42 Å². The summed E-state index contributed by atoms with van der Waals surface area (Å²) >= 11 is 0. The van der Waals surface area contributed by atoms with E-state index in [9.17, 15) is 0 Å². The van der Waals surface area contributed by atoms with Gasteiger partial charge in [-0.25, -0.2) is 0 Å². The molecule has 66 valence electrons. The number of nitrogens with zero attached hydrogens (tertiary/aromatic N) is 1. The van der Waals surface area contributed by atoms with Crippen LogP contribution < -0.4 is 5.32 Å². The molecule has 3 nitrogen and oxygen atoms in total. The number of methoxy groups -OCH3 is 1. The molecule has 3 heteroatoms. The quantitative estimate of drug-likeness (QED) is 0.606. The summed E-state index contributed by atoms with van der Waals surface area (Å²) in [6.07, 6.45) is 5.76. The van der Waals surface area contributed by atoms with E-state index in [1.165, 1.54) is 0 Å². The van der Waals surface area contributed by atoms with Gasteiger partial charge in [0.05, 0.1) is 19.2 Å². The lowest BCUT2D eigenvalue weighted by Gasteiger charge is -2.24. The first kappa shape index (κ1) is 11.0. The zero-order valence-electron chi connectivity index (χ0n) is 7.55. The van der Waals surface area contributed by atoms with Crippen LogP contribution in [0.2, 0.25) is 0 Å². The summed E-state index contributed by atoms with van der Waals surface area (Å²) in [6, 6.07) is 2.17. The third kappa shape index (κ3) is 2.92. The van der Waals surface area contributed by atoms with Crippen molar-refractivity contribution in [1.29, 1.82) is 5.26 Å². The Morgan fingerprint density at radius 3 is 2.67 bits per heavy atom. The minimum Gasteiger partial charge on any atom is -0.382 e. The van der Waals surface area contributed by atoms with Gasteiger partial charge in [0.1, 0.15) is 5.54 Å². The summed E-state index contributed by atoms with van der Waals surface area (Å²) in [6.45, 7) is 2.68. The van der Waals surface area contributed by atoms with Gasteiger partial charge in [-0.1, -0.05) is 12.8 Å². The molecule has 0 aliphatic carbocycles. The number of nitriles is 1. The third-order valence-corrected chi connectivity index (χ3v) is 1.74. The van der Waals surface area contributed by atoms with Crippen molar-refractivity contribution in [3.63, 3.8) is 0 Å². The van der Waals surface area contributed by atoms with Crippen LogP contribution >= 0.6 is 0 Å². The predicted octanol–water partition coefficient (Wildman–Crippen LogP) is 0.528. The maximum atomic E-state index is 8.87. The smallest absolute Gasteiger partial charge is 0.130 e. The van der Waals surface area contributed by atoms with Crippen LogP contribution in [0.1, 0.15) is 13.3 Å². The summed E-state index contributed by atoms with van der Waals surface area (Å²) in [5.74, 6) is 2.43. The second-order valence-corrected chi connectivity index (χ2v) is 2.54. The van der Waals surface area contributed by atoms with Crippen LogP contribution in [0.5, 0.6) is 0 Å². The van der Waals surface area contributed by atoms with Crippen LogP contribution in [0.25, 0.3) is 0 Å². The Balaban J connectivity index is 4.19. The van der Waals surface area contributed by atoms with E-state index in [-0.39, 0.29) is 0 Å². The Kier molecular flexibility index (Phi) is 5.12. The lowest BCUT2D eigenvalue weighted by molar-refractivity contribution is 0.137. The fraction of sp³-hybridized carbons (Fsp3) is 0.667. The average molecular weight is 166 g/mol. The number of rotatable bonds is 5. The standard InChI is InChI=1S/C9H14N2O/c1-4-6-11-9(5-2,7-10)8-12-3/h1,11H,5-6,8H2,2-3H3. The largest absolute Gasteiger partial charge is 0.382 e. The SMILES string of the molecule is C#CCNC(C#N)(CC)COC. The van der Waals surface area contributed by atoms with Crippen LogP contribution in [0.15, 0.2) is 0 Å². The summed E-state index contributed by atoms with van der Waals surface area (Å²) in [7, 11) is 1.57. The number of hydrogen-bond acceptors (Lipinski definition) is 3. The van der Waals surface area contributed by atoms with Gasteiger partial charge in [0.15, 0.2) is 0 Å². The molecule has 0 rings (SSSR count). The second-order valence-electron chi connectivity index (χ2n) is 2.54. The topological polar surface area (TPSA) is 45.0 Å². The van der Waals surface area contributed by atoms with Gasteiger partial charge in [0, 0.05) is 7.11 Å². The first-order chi connectivity index (χ1) is 5.74. The Hall–Kier alpha value is -1.03. The molecule has 0 spiro atoms. The molecule has 0 aromatic rings. The first-order valence-corrected chi connectivity index (χ1v) is 3.83. The van der Waals surface area contributed by atoms with Gasteiger partial charge in [-0.15, -0.1) is 6.42 Å². The van der Waals surface area contributed by atoms with Crippen molar-refractivity contribution in [2.45, 2.75) is 18.9 Å². The van der Waals surface area contributed by atoms with Crippen molar-refractivity contribution in [3.05, 3.63) is 0 Å². The molecule has 12 heavy (non-hydrogen) atoms. The Bertz CT molecular complexity index is 202. The maximum Gasteiger partial charge on any atom is 0.130 e. The zero-order chi connectivity index (χ0) is 9.45. The summed E-state index contributed by atoms with van der Waals surface area (Å²) in [4.78, 5) is 0. The minimum absolute atomic E-state index is 0.363. The molecule has 0 heterocycles. The highest BCUT2D eigenvalue weighted by Gasteiger charge is 2.26. The van der Waals surface area contributed by atoms with Crippen LogP contribution in [0.4, 0.5) is 0 Å². The van der Waals surface area contributed by atoms with Crippen LogP contribution in [-0.2, 0) is 4.74 Å². The molecule has 0 fully saturated rings. The van der Waals surface area contributed by atoms with Crippen LogP contribution in [0.3, 0.4) is 0 Å². The lowest BCUT2D eigenvalue weighted by Crippen LogP contribution is -2.47. The molecule has 0 saturated carbocycles. The molecular formula is C9H14N2O. The van der Waals surface area contributed by atoms with Crippen LogP contribution in [0, 0.1) is 23.7 Å². The Morgan fingerprint density at radius 1 is 1.67 bits per heavy atom. The van der Waals surface area contributed by atoms with Gasteiger partial charge in [0.2, 0.25) is 0 Å². The van der Waals surface area contributed by atoms with Gasteiger partial charge in [-0.2, -0.15) is 5.26 Å². The highest BCUT2D eigenvalue weighted by atomic mass is 16.5. The van der Waals surface area contributed by atoms with Gasteiger partial charge >= 0.3 is 0 Å². The van der Waals surface area contributed by atoms with Crippen molar-refractivity contribution in [2.75, 3.05) is 20.3 Å². The normalized spacial score (nSPS) is 14.3. The zero-order valence-corrected chi connectivity index (χ0v) is 7.55. The summed E-state index contributed by atoms with van der Waals surface area (Å²) in [5.41, 5.74) is -0.624. The Morgan fingerprint density at radius 2 is 2.33 bits per heavy atom. The van der Waals surface area contributed by atoms with Crippen molar-refractivity contribution < 1.29 is 4.74 Å². The molecule has 1 atom stereocenters. The highest BCUT2D eigenvalue weighted by Crippen LogP contribution is 2.08. The van der Waals surface area contributed by atoms with Gasteiger partial charge in [0.25, 0.3) is 0 Å². The first-order valence-electron chi connectivity index (χ1n) is 3.83. The highest BCUT2D eigenvalue weighted by molar-refractivity contribution is 5.08. The molecule has 0 amide bonds. The summed E-state index contributed by atoms with van der Waals surface area (Å²) < 4.78 is 4.93. The fourth-order valence-electron chi connectivity index (χ4n) is 0.896. The van der Waals surface area contributed by atoms with E-state index in [0.29, 0.717) is 19.6 Å². The number of nitrogens with one attached hydrogen (secondary N) is 1. The fourth-order valence-corrected chi connectivity index (χ4v) is 0.896. The Labute approximate surface area is 73.7 Å². The lowest BCUT2D eigenvalue weighted by atomic mass is 9.99. The van der Waals surface area contributed by atoms with E-state index in [0.717, 1.165) is 0 Å². The van der Waals surface area contributed by atoms with Gasteiger partial charge < -0.3 is 4.74 Å². The average Bonchev–Trinajstić information content (AvgIpc) is 2.13. The molecule has 0 aromatic heterocycles. The number of ether oxygens (including phenoxy) is 1. The van der Waals surface area contributed by atoms with E-state index in [2.05, 4.69) is 17.3 Å². The van der Waals surface area contributed by atoms with E-state index in [1.807, 2.05) is 6.92 Å². The molecule has 0 aliphatic rings. The molecule has 0 radical (unpaired) electrons. The molecular weight excluding hydrogens is 152 g/mol. The second kappa shape index (κ2) is 5.60. The van der Waals surface area contributed by atoms with Crippen molar-refractivity contribution in [2.24, 2.45) is 0 Å². The monoisotopic (exact) mass is 166 g/mol. The van der Waals surface area contributed by atoms with Crippen molar-refractivity contribution in [3.8, 4) is 18.4 Å². The summed E-state index contributed by atoms with van der Waals surface area (Å²) in [5, 5.41) is 11.8. The van der Waals surface area contributed by atoms with E-state index in [4.69, 9.17) is 16.4 Å². The maximum absolute atomic E-state index is 8.87. The van der Waals surface area contributed by atoms with Gasteiger partial charge in [-0.3, -0.25) is 5.32 Å². The number of terminal acetylenes is 1. The molecule has 0 saturated heterocycles. The van der Waals surface area contributed by atoms with E-state index in [1.54, 1.807) is 7.11 Å². The van der Waals surface area contributed by atoms with Crippen molar-refractivity contribution >= 4 is 0 Å². The van der Waals surface area contributed by atoms with Crippen molar-refractivity contribution in [1.82, 2.24) is 5.32 Å². The molecule has 0 bridgehead atoms. The minimum atomic E-state index is -0.624. The molecule has 1 unspecified atom stereocenters. The predicted molar refractivity (Wildman–Crippen MR) is 47.3 cm³/mol. The molecule has 0 aliphatic heterocycles. The number of hydrogen-bond donors (Lipinski definition) is 1. The molecule has 1 N–H and O–H groups in total. The van der Waals surface area contributed by atoms with E-state index < -0.39 is 5.54 Å². The third-order valence-electron chi connectivity index (χ3n) is 1.74.